The summed E-state index contributed by atoms with van der Waals surface area (Å²) in [6, 6.07) is 9.80. The summed E-state index contributed by atoms with van der Waals surface area (Å²) in [5.41, 5.74) is 7.76. The monoisotopic (exact) mass is 301 g/mol. The van der Waals surface area contributed by atoms with Gasteiger partial charge in [0.05, 0.1) is 0 Å². The van der Waals surface area contributed by atoms with Crippen molar-refractivity contribution in [1.82, 2.24) is 4.98 Å². The number of benzene rings is 1. The molecule has 1 fully saturated rings. The SMILES string of the molecule is Nc1sc(NC(=O)C2CCCCC2)nc1-c1ccccc1. The van der Waals surface area contributed by atoms with Crippen LogP contribution in [-0.2, 0) is 4.79 Å². The summed E-state index contributed by atoms with van der Waals surface area (Å²) in [6.45, 7) is 0. The molecule has 1 aromatic heterocycles. The molecule has 0 bridgehead atoms. The maximum atomic E-state index is 12.2. The summed E-state index contributed by atoms with van der Waals surface area (Å²) in [7, 11) is 0. The lowest BCUT2D eigenvalue weighted by Gasteiger charge is -2.19. The lowest BCUT2D eigenvalue weighted by molar-refractivity contribution is -0.120. The van der Waals surface area contributed by atoms with Gasteiger partial charge in [-0.3, -0.25) is 4.79 Å². The number of hydrogen-bond acceptors (Lipinski definition) is 4. The normalized spacial score (nSPS) is 15.8. The van der Waals surface area contributed by atoms with E-state index in [2.05, 4.69) is 10.3 Å². The van der Waals surface area contributed by atoms with Gasteiger partial charge in [0.25, 0.3) is 0 Å². The van der Waals surface area contributed by atoms with Crippen molar-refractivity contribution in [2.45, 2.75) is 32.1 Å². The molecule has 0 radical (unpaired) electrons. The zero-order valence-electron chi connectivity index (χ0n) is 11.8. The van der Waals surface area contributed by atoms with Crippen molar-refractivity contribution in [3.63, 3.8) is 0 Å². The molecule has 0 unspecified atom stereocenters. The van der Waals surface area contributed by atoms with E-state index in [9.17, 15) is 4.79 Å². The number of nitrogens with one attached hydrogen (secondary N) is 1. The van der Waals surface area contributed by atoms with E-state index in [1.807, 2.05) is 30.3 Å². The van der Waals surface area contributed by atoms with Crippen molar-refractivity contribution < 1.29 is 4.79 Å². The fraction of sp³-hybridized carbons (Fsp3) is 0.375. The molecule has 0 saturated heterocycles. The molecule has 1 aliphatic rings. The molecule has 0 spiro atoms. The summed E-state index contributed by atoms with van der Waals surface area (Å²) >= 11 is 1.34. The Morgan fingerprint density at radius 3 is 2.62 bits per heavy atom. The van der Waals surface area contributed by atoms with Gasteiger partial charge in [-0.15, -0.1) is 0 Å². The van der Waals surface area contributed by atoms with Crippen LogP contribution < -0.4 is 11.1 Å². The number of rotatable bonds is 3. The Morgan fingerprint density at radius 1 is 1.19 bits per heavy atom. The second-order valence-electron chi connectivity index (χ2n) is 5.42. The number of hydrogen-bond donors (Lipinski definition) is 2. The van der Waals surface area contributed by atoms with Crippen LogP contribution >= 0.6 is 11.3 Å². The van der Waals surface area contributed by atoms with Crippen molar-refractivity contribution in [3.8, 4) is 11.3 Å². The number of anilines is 2. The lowest BCUT2D eigenvalue weighted by Crippen LogP contribution is -2.24. The summed E-state index contributed by atoms with van der Waals surface area (Å²) in [5, 5.41) is 4.17. The first kappa shape index (κ1) is 14.1. The smallest absolute Gasteiger partial charge is 0.229 e. The van der Waals surface area contributed by atoms with E-state index >= 15 is 0 Å². The Morgan fingerprint density at radius 2 is 1.90 bits per heavy atom. The minimum atomic E-state index is 0.0862. The molecule has 2 aromatic rings. The van der Waals surface area contributed by atoms with Crippen LogP contribution in [-0.4, -0.2) is 10.9 Å². The van der Waals surface area contributed by atoms with E-state index in [4.69, 9.17) is 5.73 Å². The molecule has 3 rings (SSSR count). The summed E-state index contributed by atoms with van der Waals surface area (Å²) in [5.74, 6) is 0.215. The van der Waals surface area contributed by atoms with Gasteiger partial charge in [0.15, 0.2) is 5.13 Å². The highest BCUT2D eigenvalue weighted by Gasteiger charge is 2.22. The molecule has 1 saturated carbocycles. The van der Waals surface area contributed by atoms with Crippen LogP contribution in [0.25, 0.3) is 11.3 Å². The number of aromatic nitrogens is 1. The van der Waals surface area contributed by atoms with Crippen molar-refractivity contribution in [2.75, 3.05) is 11.1 Å². The fourth-order valence-electron chi connectivity index (χ4n) is 2.76. The molecule has 110 valence electrons. The van der Waals surface area contributed by atoms with Crippen LogP contribution in [0.2, 0.25) is 0 Å². The van der Waals surface area contributed by atoms with Crippen LogP contribution in [0.5, 0.6) is 0 Å². The highest BCUT2D eigenvalue weighted by atomic mass is 32.1. The number of thiazole rings is 1. The van der Waals surface area contributed by atoms with Gasteiger partial charge in [0.1, 0.15) is 10.7 Å². The van der Waals surface area contributed by atoms with Crippen LogP contribution in [0.15, 0.2) is 30.3 Å². The van der Waals surface area contributed by atoms with E-state index in [0.717, 1.165) is 36.9 Å². The van der Waals surface area contributed by atoms with Gasteiger partial charge < -0.3 is 11.1 Å². The Hall–Kier alpha value is -1.88. The van der Waals surface area contributed by atoms with Gasteiger partial charge in [0.2, 0.25) is 5.91 Å². The van der Waals surface area contributed by atoms with Gasteiger partial charge >= 0.3 is 0 Å². The van der Waals surface area contributed by atoms with E-state index in [1.54, 1.807) is 0 Å². The number of nitrogen functional groups attached to an aromatic ring is 1. The number of carbonyl (C=O) groups excluding carboxylic acids is 1. The minimum Gasteiger partial charge on any atom is -0.389 e. The van der Waals surface area contributed by atoms with E-state index in [1.165, 1.54) is 17.8 Å². The second kappa shape index (κ2) is 6.26. The standard InChI is InChI=1S/C16H19N3OS/c17-14-13(11-7-3-1-4-8-11)18-16(21-14)19-15(20)12-9-5-2-6-10-12/h1,3-4,7-8,12H,2,5-6,9-10,17H2,(H,18,19,20). The maximum Gasteiger partial charge on any atom is 0.229 e. The van der Waals surface area contributed by atoms with Crippen LogP contribution in [0.4, 0.5) is 10.1 Å². The highest BCUT2D eigenvalue weighted by molar-refractivity contribution is 7.20. The molecule has 1 heterocycles. The quantitative estimate of drug-likeness (QED) is 0.903. The molecule has 5 heteroatoms. The van der Waals surface area contributed by atoms with Crippen molar-refractivity contribution in [2.24, 2.45) is 5.92 Å². The summed E-state index contributed by atoms with van der Waals surface area (Å²) in [4.78, 5) is 16.7. The third kappa shape index (κ3) is 3.24. The zero-order chi connectivity index (χ0) is 14.7. The molecular formula is C16H19N3OS. The Kier molecular flexibility index (Phi) is 4.20. The number of nitrogens with two attached hydrogens (primary N) is 1. The molecular weight excluding hydrogens is 282 g/mol. The summed E-state index contributed by atoms with van der Waals surface area (Å²) in [6.07, 6.45) is 5.50. The van der Waals surface area contributed by atoms with Crippen molar-refractivity contribution in [1.29, 1.82) is 0 Å². The van der Waals surface area contributed by atoms with Crippen LogP contribution in [0.1, 0.15) is 32.1 Å². The zero-order valence-corrected chi connectivity index (χ0v) is 12.7. The predicted octanol–water partition coefficient (Wildman–Crippen LogP) is 3.91. The van der Waals surface area contributed by atoms with Crippen molar-refractivity contribution >= 4 is 27.4 Å². The second-order valence-corrected chi connectivity index (χ2v) is 6.45. The van der Waals surface area contributed by atoms with Crippen molar-refractivity contribution in [3.05, 3.63) is 30.3 Å². The lowest BCUT2D eigenvalue weighted by atomic mass is 9.89. The molecule has 1 aliphatic carbocycles. The van der Waals surface area contributed by atoms with E-state index in [0.29, 0.717) is 10.1 Å². The Labute approximate surface area is 128 Å². The van der Waals surface area contributed by atoms with Gasteiger partial charge in [-0.2, -0.15) is 0 Å². The molecule has 1 amide bonds. The predicted molar refractivity (Wildman–Crippen MR) is 87.2 cm³/mol. The third-order valence-corrected chi connectivity index (χ3v) is 4.71. The maximum absolute atomic E-state index is 12.2. The minimum absolute atomic E-state index is 0.0862. The average molecular weight is 301 g/mol. The first-order valence-electron chi connectivity index (χ1n) is 7.36. The topological polar surface area (TPSA) is 68.0 Å². The average Bonchev–Trinajstić information content (AvgIpc) is 2.89. The highest BCUT2D eigenvalue weighted by Crippen LogP contribution is 2.34. The van der Waals surface area contributed by atoms with Crippen LogP contribution in [0, 0.1) is 5.92 Å². The third-order valence-electron chi connectivity index (χ3n) is 3.91. The number of amides is 1. The van der Waals surface area contributed by atoms with Gasteiger partial charge in [-0.25, -0.2) is 4.98 Å². The number of nitrogens with zero attached hydrogens (tertiary/aromatic N) is 1. The first-order valence-corrected chi connectivity index (χ1v) is 8.18. The largest absolute Gasteiger partial charge is 0.389 e. The van der Waals surface area contributed by atoms with E-state index in [-0.39, 0.29) is 11.8 Å². The molecule has 0 atom stereocenters. The van der Waals surface area contributed by atoms with E-state index < -0.39 is 0 Å². The fourth-order valence-corrected chi connectivity index (χ4v) is 3.52. The molecule has 3 N–H and O–H groups in total. The number of carbonyl (C=O) groups is 1. The first-order chi connectivity index (χ1) is 10.2. The Balaban J connectivity index is 1.73. The molecule has 4 nitrogen and oxygen atoms in total. The van der Waals surface area contributed by atoms with Gasteiger partial charge in [-0.1, -0.05) is 60.9 Å². The molecule has 0 aliphatic heterocycles. The van der Waals surface area contributed by atoms with Gasteiger partial charge in [0, 0.05) is 11.5 Å². The molecule has 21 heavy (non-hydrogen) atoms. The Bertz CT molecular complexity index is 618. The van der Waals surface area contributed by atoms with Gasteiger partial charge in [-0.05, 0) is 12.8 Å². The summed E-state index contributed by atoms with van der Waals surface area (Å²) < 4.78 is 0. The molecule has 1 aromatic carbocycles. The van der Waals surface area contributed by atoms with Crippen LogP contribution in [0.3, 0.4) is 0 Å².